The van der Waals surface area contributed by atoms with Crippen LogP contribution in [0.2, 0.25) is 0 Å². The first kappa shape index (κ1) is 17.7. The van der Waals surface area contributed by atoms with Crippen LogP contribution in [-0.4, -0.2) is 46.5 Å². The lowest BCUT2D eigenvalue weighted by atomic mass is 9.94. The van der Waals surface area contributed by atoms with E-state index in [1.54, 1.807) is 18.0 Å². The first-order chi connectivity index (χ1) is 12.1. The SMILES string of the molecule is CN(C(=O)CN1C(=O)S/C(=C/c2ccccc2)C1=O)C1CCCCC1. The number of carbonyl (C=O) groups is 3. The molecule has 1 saturated carbocycles. The molecule has 0 bridgehead atoms. The number of likely N-dealkylation sites (N-methyl/N-ethyl adjacent to an activating group) is 1. The van der Waals surface area contributed by atoms with E-state index in [4.69, 9.17) is 0 Å². The van der Waals surface area contributed by atoms with Crippen molar-refractivity contribution in [1.29, 1.82) is 0 Å². The first-order valence-electron chi connectivity index (χ1n) is 8.62. The van der Waals surface area contributed by atoms with Crippen molar-refractivity contribution in [3.63, 3.8) is 0 Å². The van der Waals surface area contributed by atoms with Gasteiger partial charge in [0, 0.05) is 13.1 Å². The Balaban J connectivity index is 1.66. The molecule has 1 saturated heterocycles. The van der Waals surface area contributed by atoms with E-state index < -0.39 is 0 Å². The van der Waals surface area contributed by atoms with E-state index in [1.165, 1.54) is 6.42 Å². The van der Waals surface area contributed by atoms with Gasteiger partial charge < -0.3 is 4.90 Å². The molecular weight excluding hydrogens is 336 g/mol. The zero-order valence-corrected chi connectivity index (χ0v) is 15.1. The van der Waals surface area contributed by atoms with Gasteiger partial charge in [-0.2, -0.15) is 0 Å². The minimum atomic E-state index is -0.385. The van der Waals surface area contributed by atoms with E-state index in [1.807, 2.05) is 30.3 Å². The Morgan fingerprint density at radius 1 is 1.20 bits per heavy atom. The van der Waals surface area contributed by atoms with E-state index in [9.17, 15) is 14.4 Å². The highest BCUT2D eigenvalue weighted by atomic mass is 32.2. The van der Waals surface area contributed by atoms with E-state index in [2.05, 4.69) is 0 Å². The Morgan fingerprint density at radius 3 is 2.56 bits per heavy atom. The van der Waals surface area contributed by atoms with Crippen molar-refractivity contribution in [1.82, 2.24) is 9.80 Å². The number of thioether (sulfide) groups is 1. The predicted molar refractivity (Wildman–Crippen MR) is 98.8 cm³/mol. The van der Waals surface area contributed by atoms with Crippen LogP contribution in [0.5, 0.6) is 0 Å². The molecule has 0 unspecified atom stereocenters. The van der Waals surface area contributed by atoms with Gasteiger partial charge in [0.05, 0.1) is 4.91 Å². The summed E-state index contributed by atoms with van der Waals surface area (Å²) >= 11 is 0.894. The summed E-state index contributed by atoms with van der Waals surface area (Å²) in [5.74, 6) is -0.556. The Hall–Kier alpha value is -2.08. The number of carbonyl (C=O) groups excluding carboxylic acids is 3. The molecule has 3 amide bonds. The fraction of sp³-hybridized carbons (Fsp3) is 0.421. The summed E-state index contributed by atoms with van der Waals surface area (Å²) < 4.78 is 0. The lowest BCUT2D eigenvalue weighted by molar-refractivity contribution is -0.136. The number of hydrogen-bond acceptors (Lipinski definition) is 4. The molecule has 1 aliphatic carbocycles. The zero-order chi connectivity index (χ0) is 17.8. The molecule has 0 N–H and O–H groups in total. The molecule has 2 aliphatic rings. The molecule has 132 valence electrons. The van der Waals surface area contributed by atoms with E-state index in [0.29, 0.717) is 4.91 Å². The maximum Gasteiger partial charge on any atom is 0.294 e. The standard InChI is InChI=1S/C19H22N2O3S/c1-20(15-10-6-3-7-11-15)17(22)13-21-18(23)16(25-19(21)24)12-14-8-4-2-5-9-14/h2,4-5,8-9,12,15H,3,6-7,10-11,13H2,1H3/b16-12+. The van der Waals surface area contributed by atoms with Gasteiger partial charge in [-0.15, -0.1) is 0 Å². The van der Waals surface area contributed by atoms with Gasteiger partial charge in [-0.05, 0) is 36.2 Å². The molecule has 25 heavy (non-hydrogen) atoms. The van der Waals surface area contributed by atoms with Crippen molar-refractivity contribution in [2.75, 3.05) is 13.6 Å². The number of nitrogens with zero attached hydrogens (tertiary/aromatic N) is 2. The number of rotatable bonds is 4. The van der Waals surface area contributed by atoms with Gasteiger partial charge in [0.2, 0.25) is 5.91 Å². The molecule has 1 aliphatic heterocycles. The average molecular weight is 358 g/mol. The Morgan fingerprint density at radius 2 is 1.88 bits per heavy atom. The van der Waals surface area contributed by atoms with Gasteiger partial charge in [-0.25, -0.2) is 0 Å². The van der Waals surface area contributed by atoms with Gasteiger partial charge in [0.25, 0.3) is 11.1 Å². The van der Waals surface area contributed by atoms with Crippen LogP contribution in [0.25, 0.3) is 6.08 Å². The van der Waals surface area contributed by atoms with Crippen molar-refractivity contribution in [3.05, 3.63) is 40.8 Å². The predicted octanol–water partition coefficient (Wildman–Crippen LogP) is 3.51. The minimum Gasteiger partial charge on any atom is -0.341 e. The van der Waals surface area contributed by atoms with Crippen LogP contribution < -0.4 is 0 Å². The van der Waals surface area contributed by atoms with Crippen LogP contribution in [0.15, 0.2) is 35.2 Å². The molecule has 0 atom stereocenters. The van der Waals surface area contributed by atoms with Gasteiger partial charge in [-0.3, -0.25) is 19.3 Å². The van der Waals surface area contributed by atoms with Crippen LogP contribution in [0.4, 0.5) is 4.79 Å². The maximum absolute atomic E-state index is 12.5. The largest absolute Gasteiger partial charge is 0.341 e. The molecule has 5 nitrogen and oxygen atoms in total. The lowest BCUT2D eigenvalue weighted by Crippen LogP contribution is -2.45. The van der Waals surface area contributed by atoms with Crippen LogP contribution in [0.3, 0.4) is 0 Å². The molecule has 3 rings (SSSR count). The smallest absolute Gasteiger partial charge is 0.294 e. The van der Waals surface area contributed by atoms with Crippen molar-refractivity contribution in [2.24, 2.45) is 0 Å². The number of benzene rings is 1. The molecule has 6 heteroatoms. The van der Waals surface area contributed by atoms with Crippen LogP contribution in [0.1, 0.15) is 37.7 Å². The number of amides is 3. The average Bonchev–Trinajstić information content (AvgIpc) is 2.90. The summed E-state index contributed by atoms with van der Waals surface area (Å²) in [7, 11) is 1.78. The quantitative estimate of drug-likeness (QED) is 0.773. The monoisotopic (exact) mass is 358 g/mol. The van der Waals surface area contributed by atoms with Crippen molar-refractivity contribution < 1.29 is 14.4 Å². The second-order valence-electron chi connectivity index (χ2n) is 6.48. The molecule has 0 spiro atoms. The van der Waals surface area contributed by atoms with E-state index >= 15 is 0 Å². The van der Waals surface area contributed by atoms with Crippen molar-refractivity contribution >= 4 is 34.9 Å². The third-order valence-corrected chi connectivity index (χ3v) is 5.69. The Labute approximate surface area is 152 Å². The van der Waals surface area contributed by atoms with E-state index in [-0.39, 0.29) is 29.6 Å². The second-order valence-corrected chi connectivity index (χ2v) is 7.47. The fourth-order valence-electron chi connectivity index (χ4n) is 3.26. The lowest BCUT2D eigenvalue weighted by Gasteiger charge is -2.32. The molecule has 0 radical (unpaired) electrons. The summed E-state index contributed by atoms with van der Waals surface area (Å²) in [5, 5.41) is -0.377. The highest BCUT2D eigenvalue weighted by Gasteiger charge is 2.37. The summed E-state index contributed by atoms with van der Waals surface area (Å²) in [5.41, 5.74) is 0.860. The fourth-order valence-corrected chi connectivity index (χ4v) is 4.09. The van der Waals surface area contributed by atoms with Gasteiger partial charge >= 0.3 is 0 Å². The summed E-state index contributed by atoms with van der Waals surface area (Å²) in [6.07, 6.45) is 7.16. The molecule has 2 fully saturated rings. The molecule has 1 aromatic rings. The maximum atomic E-state index is 12.5. The number of imide groups is 1. The molecule has 1 heterocycles. The third-order valence-electron chi connectivity index (χ3n) is 4.78. The van der Waals surface area contributed by atoms with Crippen LogP contribution in [-0.2, 0) is 9.59 Å². The Bertz CT molecular complexity index is 696. The molecular formula is C19H22N2O3S. The molecule has 0 aromatic heterocycles. The summed E-state index contributed by atoms with van der Waals surface area (Å²) in [4.78, 5) is 40.3. The van der Waals surface area contributed by atoms with Crippen LogP contribution in [0, 0.1) is 0 Å². The van der Waals surface area contributed by atoms with E-state index in [0.717, 1.165) is 47.9 Å². The first-order valence-corrected chi connectivity index (χ1v) is 9.44. The number of hydrogen-bond donors (Lipinski definition) is 0. The topological polar surface area (TPSA) is 57.7 Å². The van der Waals surface area contributed by atoms with Gasteiger partial charge in [-0.1, -0.05) is 49.6 Å². The minimum absolute atomic E-state index is 0.171. The summed E-state index contributed by atoms with van der Waals surface area (Å²) in [6, 6.07) is 9.60. The second kappa shape index (κ2) is 7.87. The highest BCUT2D eigenvalue weighted by Crippen LogP contribution is 2.32. The third kappa shape index (κ3) is 4.12. The zero-order valence-electron chi connectivity index (χ0n) is 14.3. The van der Waals surface area contributed by atoms with Gasteiger partial charge in [0.15, 0.2) is 0 Å². The van der Waals surface area contributed by atoms with Gasteiger partial charge in [0.1, 0.15) is 6.54 Å². The normalized spacial score (nSPS) is 20.4. The Kier molecular flexibility index (Phi) is 5.58. The van der Waals surface area contributed by atoms with Crippen LogP contribution >= 0.6 is 11.8 Å². The van der Waals surface area contributed by atoms with Crippen molar-refractivity contribution in [2.45, 2.75) is 38.1 Å². The summed E-state index contributed by atoms with van der Waals surface area (Å²) in [6.45, 7) is -0.177. The van der Waals surface area contributed by atoms with Crippen molar-refractivity contribution in [3.8, 4) is 0 Å². The highest BCUT2D eigenvalue weighted by molar-refractivity contribution is 8.18. The molecule has 1 aromatic carbocycles.